The lowest BCUT2D eigenvalue weighted by atomic mass is 10.1. The molecule has 3 heterocycles. The van der Waals surface area contributed by atoms with E-state index in [-0.39, 0.29) is 18.8 Å². The summed E-state index contributed by atoms with van der Waals surface area (Å²) in [6, 6.07) is 0. The number of hydrogen-bond donors (Lipinski definition) is 0. The van der Waals surface area contributed by atoms with E-state index in [9.17, 15) is 4.79 Å². The lowest BCUT2D eigenvalue weighted by molar-refractivity contribution is -0.0190. The van der Waals surface area contributed by atoms with Crippen molar-refractivity contribution in [2.75, 3.05) is 13.1 Å². The molecule has 9 nitrogen and oxygen atoms in total. The van der Waals surface area contributed by atoms with Crippen LogP contribution in [-0.2, 0) is 16.1 Å². The highest BCUT2D eigenvalue weighted by Gasteiger charge is 2.27. The van der Waals surface area contributed by atoms with Gasteiger partial charge in [-0.25, -0.2) is 9.78 Å². The Balaban J connectivity index is 1.45. The highest BCUT2D eigenvalue weighted by Crippen LogP contribution is 2.21. The first-order valence-corrected chi connectivity index (χ1v) is 8.64. The van der Waals surface area contributed by atoms with Crippen molar-refractivity contribution in [2.45, 2.75) is 58.8 Å². The van der Waals surface area contributed by atoms with E-state index in [1.54, 1.807) is 11.8 Å². The lowest BCUT2D eigenvalue weighted by Crippen LogP contribution is -2.43. The highest BCUT2D eigenvalue weighted by molar-refractivity contribution is 5.68. The van der Waals surface area contributed by atoms with E-state index in [4.69, 9.17) is 18.4 Å². The van der Waals surface area contributed by atoms with Gasteiger partial charge in [0.15, 0.2) is 12.2 Å². The molecule has 1 saturated heterocycles. The molecular formula is C17H24N4O5. The number of hydrogen-bond acceptors (Lipinski definition) is 8. The number of oxazole rings is 1. The fourth-order valence-corrected chi connectivity index (χ4v) is 2.64. The van der Waals surface area contributed by atoms with Crippen molar-refractivity contribution >= 4 is 6.09 Å². The molecule has 0 atom stereocenters. The molecule has 0 spiro atoms. The maximum atomic E-state index is 12.1. The molecule has 0 aromatic carbocycles. The topological polar surface area (TPSA) is 104 Å². The van der Waals surface area contributed by atoms with Gasteiger partial charge < -0.3 is 23.3 Å². The Hall–Kier alpha value is -2.42. The lowest BCUT2D eigenvalue weighted by Gasteiger charge is -2.33. The number of amides is 1. The quantitative estimate of drug-likeness (QED) is 0.815. The molecule has 0 N–H and O–H groups in total. The summed E-state index contributed by atoms with van der Waals surface area (Å²) in [5.41, 5.74) is 0.207. The van der Waals surface area contributed by atoms with Gasteiger partial charge in [0, 0.05) is 13.1 Å². The van der Waals surface area contributed by atoms with Crippen LogP contribution in [-0.4, -0.2) is 50.9 Å². The smallest absolute Gasteiger partial charge is 0.410 e. The second-order valence-electron chi connectivity index (χ2n) is 7.26. The molecule has 9 heteroatoms. The molecule has 0 saturated carbocycles. The van der Waals surface area contributed by atoms with Gasteiger partial charge in [0.05, 0.1) is 11.8 Å². The molecule has 142 valence electrons. The third-order valence-electron chi connectivity index (χ3n) is 3.95. The Kier molecular flexibility index (Phi) is 5.26. The fraction of sp³-hybridized carbons (Fsp3) is 0.647. The van der Waals surface area contributed by atoms with Crippen LogP contribution in [0.3, 0.4) is 0 Å². The summed E-state index contributed by atoms with van der Waals surface area (Å²) in [7, 11) is 0. The van der Waals surface area contributed by atoms with Crippen molar-refractivity contribution in [2.24, 2.45) is 0 Å². The highest BCUT2D eigenvalue weighted by atomic mass is 16.6. The van der Waals surface area contributed by atoms with E-state index in [0.29, 0.717) is 36.3 Å². The van der Waals surface area contributed by atoms with Crippen molar-refractivity contribution in [1.29, 1.82) is 0 Å². The number of nitrogens with zero attached hydrogens (tertiary/aromatic N) is 4. The summed E-state index contributed by atoms with van der Waals surface area (Å²) in [6.45, 7) is 8.84. The predicted molar refractivity (Wildman–Crippen MR) is 90.2 cm³/mol. The van der Waals surface area contributed by atoms with Crippen LogP contribution in [0.4, 0.5) is 4.79 Å². The summed E-state index contributed by atoms with van der Waals surface area (Å²) >= 11 is 0. The number of carbonyl (C=O) groups is 1. The van der Waals surface area contributed by atoms with Gasteiger partial charge in [-0.1, -0.05) is 5.16 Å². The second-order valence-corrected chi connectivity index (χ2v) is 7.26. The van der Waals surface area contributed by atoms with E-state index in [1.807, 2.05) is 20.8 Å². The van der Waals surface area contributed by atoms with Gasteiger partial charge in [-0.2, -0.15) is 4.98 Å². The molecule has 2 aromatic heterocycles. The van der Waals surface area contributed by atoms with Crippen LogP contribution in [0, 0.1) is 6.92 Å². The maximum absolute atomic E-state index is 12.1. The molecule has 0 bridgehead atoms. The summed E-state index contributed by atoms with van der Waals surface area (Å²) in [6.07, 6.45) is 2.59. The Morgan fingerprint density at radius 3 is 2.69 bits per heavy atom. The minimum absolute atomic E-state index is 0.0441. The van der Waals surface area contributed by atoms with Gasteiger partial charge in [-0.3, -0.25) is 0 Å². The first-order chi connectivity index (χ1) is 12.3. The Labute approximate surface area is 151 Å². The largest absolute Gasteiger partial charge is 0.444 e. The third kappa shape index (κ3) is 4.60. The maximum Gasteiger partial charge on any atom is 0.410 e. The van der Waals surface area contributed by atoms with Crippen molar-refractivity contribution in [3.8, 4) is 11.7 Å². The van der Waals surface area contributed by atoms with E-state index in [2.05, 4.69) is 15.1 Å². The fourth-order valence-electron chi connectivity index (χ4n) is 2.64. The normalized spacial score (nSPS) is 16.1. The zero-order valence-electron chi connectivity index (χ0n) is 15.5. The molecule has 0 unspecified atom stereocenters. The summed E-state index contributed by atoms with van der Waals surface area (Å²) in [5.74, 6) is 1.21. The first-order valence-electron chi connectivity index (χ1n) is 8.64. The van der Waals surface area contributed by atoms with Crippen LogP contribution in [0.2, 0.25) is 0 Å². The van der Waals surface area contributed by atoms with Crippen LogP contribution in [0.1, 0.15) is 45.1 Å². The summed E-state index contributed by atoms with van der Waals surface area (Å²) in [4.78, 5) is 22.0. The number of likely N-dealkylation sites (tertiary alicyclic amines) is 1. The van der Waals surface area contributed by atoms with E-state index in [1.165, 1.54) is 6.39 Å². The van der Waals surface area contributed by atoms with Crippen molar-refractivity contribution < 1.29 is 23.2 Å². The third-order valence-corrected chi connectivity index (χ3v) is 3.95. The summed E-state index contributed by atoms with van der Waals surface area (Å²) in [5, 5.41) is 3.90. The number of aromatic nitrogens is 3. The predicted octanol–water partition coefficient (Wildman–Crippen LogP) is 2.95. The molecule has 2 aromatic rings. The first kappa shape index (κ1) is 18.4. The SMILES string of the molecule is Cc1ncoc1-c1nc(COC2CCN(C(=O)OC(C)(C)C)CC2)no1. The van der Waals surface area contributed by atoms with Gasteiger partial charge in [0.25, 0.3) is 5.89 Å². The van der Waals surface area contributed by atoms with Gasteiger partial charge in [-0.15, -0.1) is 0 Å². The average molecular weight is 364 g/mol. The molecule has 0 radical (unpaired) electrons. The monoisotopic (exact) mass is 364 g/mol. The van der Waals surface area contributed by atoms with Gasteiger partial charge in [0.2, 0.25) is 5.76 Å². The minimum atomic E-state index is -0.484. The minimum Gasteiger partial charge on any atom is -0.444 e. The molecule has 0 aliphatic carbocycles. The zero-order valence-corrected chi connectivity index (χ0v) is 15.5. The van der Waals surface area contributed by atoms with Crippen LogP contribution in [0.5, 0.6) is 0 Å². The van der Waals surface area contributed by atoms with Gasteiger partial charge >= 0.3 is 6.09 Å². The van der Waals surface area contributed by atoms with Crippen LogP contribution < -0.4 is 0 Å². The van der Waals surface area contributed by atoms with Crippen LogP contribution in [0.25, 0.3) is 11.7 Å². The molecule has 1 amide bonds. The average Bonchev–Trinajstić information content (AvgIpc) is 3.20. The van der Waals surface area contributed by atoms with E-state index in [0.717, 1.165) is 12.8 Å². The van der Waals surface area contributed by atoms with Crippen LogP contribution >= 0.6 is 0 Å². The Morgan fingerprint density at radius 2 is 2.08 bits per heavy atom. The van der Waals surface area contributed by atoms with Gasteiger partial charge in [0.1, 0.15) is 12.2 Å². The Bertz CT molecular complexity index is 740. The van der Waals surface area contributed by atoms with Crippen molar-refractivity contribution in [3.05, 3.63) is 17.9 Å². The molecule has 1 aliphatic rings. The zero-order chi connectivity index (χ0) is 18.7. The molecular weight excluding hydrogens is 340 g/mol. The second kappa shape index (κ2) is 7.45. The number of aryl methyl sites for hydroxylation is 1. The Morgan fingerprint density at radius 1 is 1.35 bits per heavy atom. The van der Waals surface area contributed by atoms with Gasteiger partial charge in [-0.05, 0) is 40.5 Å². The van der Waals surface area contributed by atoms with E-state index < -0.39 is 5.60 Å². The molecule has 26 heavy (non-hydrogen) atoms. The number of carbonyl (C=O) groups excluding carboxylic acids is 1. The van der Waals surface area contributed by atoms with Crippen LogP contribution in [0.15, 0.2) is 15.3 Å². The number of piperidine rings is 1. The number of rotatable bonds is 4. The standard InChI is InChI=1S/C17H24N4O5/c1-11-14(24-10-18-11)15-19-13(20-26-15)9-23-12-5-7-21(8-6-12)16(22)25-17(2,3)4/h10,12H,5-9H2,1-4H3. The van der Waals surface area contributed by atoms with Crippen molar-refractivity contribution in [3.63, 3.8) is 0 Å². The van der Waals surface area contributed by atoms with Crippen molar-refractivity contribution in [1.82, 2.24) is 20.0 Å². The molecule has 1 aliphatic heterocycles. The van der Waals surface area contributed by atoms with E-state index >= 15 is 0 Å². The molecule has 1 fully saturated rings. The number of ether oxygens (including phenoxy) is 2. The molecule has 3 rings (SSSR count). The summed E-state index contributed by atoms with van der Waals surface area (Å²) < 4.78 is 21.6.